The van der Waals surface area contributed by atoms with Crippen LogP contribution in [0.15, 0.2) is 11.2 Å². The SMILES string of the molecule is CCN1C(=O)N=C(N)C1c1cn(CCO)nn1. The molecule has 1 aliphatic rings. The highest BCUT2D eigenvalue weighted by Gasteiger charge is 2.35. The van der Waals surface area contributed by atoms with Crippen molar-refractivity contribution < 1.29 is 9.90 Å². The Morgan fingerprint density at radius 2 is 2.35 bits per heavy atom. The van der Waals surface area contributed by atoms with E-state index in [1.807, 2.05) is 6.92 Å². The van der Waals surface area contributed by atoms with Crippen LogP contribution < -0.4 is 5.73 Å². The number of nitrogens with zero attached hydrogens (tertiary/aromatic N) is 5. The highest BCUT2D eigenvalue weighted by molar-refractivity contribution is 6.03. The smallest absolute Gasteiger partial charge is 0.346 e. The van der Waals surface area contributed by atoms with Crippen molar-refractivity contribution >= 4 is 11.9 Å². The van der Waals surface area contributed by atoms with Gasteiger partial charge in [-0.2, -0.15) is 4.99 Å². The maximum absolute atomic E-state index is 11.5. The quantitative estimate of drug-likeness (QED) is 0.708. The van der Waals surface area contributed by atoms with Crippen molar-refractivity contribution in [2.45, 2.75) is 19.5 Å². The van der Waals surface area contributed by atoms with Gasteiger partial charge in [-0.25, -0.2) is 9.48 Å². The fourth-order valence-corrected chi connectivity index (χ4v) is 1.79. The molecule has 17 heavy (non-hydrogen) atoms. The van der Waals surface area contributed by atoms with Gasteiger partial charge in [0.1, 0.15) is 17.6 Å². The Bertz CT molecular complexity index is 454. The molecule has 2 rings (SSSR count). The average Bonchev–Trinajstić information content (AvgIpc) is 2.83. The lowest BCUT2D eigenvalue weighted by Crippen LogP contribution is -2.33. The number of carbonyl (C=O) groups is 1. The number of rotatable bonds is 4. The molecule has 2 amide bonds. The monoisotopic (exact) mass is 238 g/mol. The van der Waals surface area contributed by atoms with E-state index >= 15 is 0 Å². The Labute approximate surface area is 97.7 Å². The summed E-state index contributed by atoms with van der Waals surface area (Å²) >= 11 is 0. The summed E-state index contributed by atoms with van der Waals surface area (Å²) in [4.78, 5) is 16.7. The molecule has 0 aromatic carbocycles. The summed E-state index contributed by atoms with van der Waals surface area (Å²) in [5.41, 5.74) is 6.27. The Kier molecular flexibility index (Phi) is 3.05. The van der Waals surface area contributed by atoms with Crippen molar-refractivity contribution in [3.8, 4) is 0 Å². The molecule has 0 fully saturated rings. The lowest BCUT2D eigenvalue weighted by Gasteiger charge is -2.19. The van der Waals surface area contributed by atoms with Gasteiger partial charge in [-0.05, 0) is 6.92 Å². The summed E-state index contributed by atoms with van der Waals surface area (Å²) in [7, 11) is 0. The molecule has 92 valence electrons. The fraction of sp³-hybridized carbons (Fsp3) is 0.556. The van der Waals surface area contributed by atoms with E-state index in [4.69, 9.17) is 10.8 Å². The minimum atomic E-state index is -0.444. The second-order valence-electron chi connectivity index (χ2n) is 3.64. The number of hydrogen-bond acceptors (Lipinski definition) is 5. The van der Waals surface area contributed by atoms with E-state index in [0.717, 1.165) is 0 Å². The third-order valence-electron chi connectivity index (χ3n) is 2.57. The lowest BCUT2D eigenvalue weighted by atomic mass is 10.2. The normalized spacial score (nSPS) is 19.9. The minimum Gasteiger partial charge on any atom is -0.394 e. The maximum Gasteiger partial charge on any atom is 0.346 e. The topological polar surface area (TPSA) is 110 Å². The molecule has 1 aromatic rings. The highest BCUT2D eigenvalue weighted by atomic mass is 16.3. The fourth-order valence-electron chi connectivity index (χ4n) is 1.79. The predicted octanol–water partition coefficient (Wildman–Crippen LogP) is -0.876. The van der Waals surface area contributed by atoms with E-state index in [1.54, 1.807) is 6.20 Å². The maximum atomic E-state index is 11.5. The standard InChI is InChI=1S/C9H14N6O2/c1-2-15-7(8(10)11-9(15)17)6-5-14(3-4-16)13-12-6/h5,7,16H,2-4H2,1H3,(H2,10,11,17). The van der Waals surface area contributed by atoms with E-state index in [9.17, 15) is 4.79 Å². The molecule has 1 aromatic heterocycles. The van der Waals surface area contributed by atoms with E-state index in [-0.39, 0.29) is 18.5 Å². The predicted molar refractivity (Wildman–Crippen MR) is 59.2 cm³/mol. The van der Waals surface area contributed by atoms with Gasteiger partial charge in [0.05, 0.1) is 19.3 Å². The average molecular weight is 238 g/mol. The van der Waals surface area contributed by atoms with E-state index in [1.165, 1.54) is 9.58 Å². The van der Waals surface area contributed by atoms with Gasteiger partial charge in [0.15, 0.2) is 0 Å². The van der Waals surface area contributed by atoms with Gasteiger partial charge in [0.25, 0.3) is 0 Å². The molecule has 8 nitrogen and oxygen atoms in total. The van der Waals surface area contributed by atoms with Crippen LogP contribution in [0.25, 0.3) is 0 Å². The lowest BCUT2D eigenvalue weighted by molar-refractivity contribution is 0.209. The number of aliphatic hydroxyl groups is 1. The van der Waals surface area contributed by atoms with Crippen molar-refractivity contribution in [3.63, 3.8) is 0 Å². The van der Waals surface area contributed by atoms with E-state index in [2.05, 4.69) is 15.3 Å². The number of urea groups is 1. The van der Waals surface area contributed by atoms with Crippen molar-refractivity contribution in [3.05, 3.63) is 11.9 Å². The molecule has 0 spiro atoms. The zero-order valence-corrected chi connectivity index (χ0v) is 9.44. The van der Waals surface area contributed by atoms with Crippen LogP contribution in [0.1, 0.15) is 18.7 Å². The van der Waals surface area contributed by atoms with Gasteiger partial charge in [-0.15, -0.1) is 5.10 Å². The molecule has 8 heteroatoms. The van der Waals surface area contributed by atoms with Gasteiger partial charge in [0.2, 0.25) is 0 Å². The number of nitrogens with two attached hydrogens (primary N) is 1. The van der Waals surface area contributed by atoms with Crippen molar-refractivity contribution in [2.24, 2.45) is 10.7 Å². The minimum absolute atomic E-state index is 0.0204. The molecular formula is C9H14N6O2. The first-order chi connectivity index (χ1) is 8.17. The van der Waals surface area contributed by atoms with Gasteiger partial charge in [-0.1, -0.05) is 5.21 Å². The summed E-state index contributed by atoms with van der Waals surface area (Å²) in [6.45, 7) is 2.68. The number of likely N-dealkylation sites (N-methyl/N-ethyl adjacent to an activating group) is 1. The summed E-state index contributed by atoms with van der Waals surface area (Å²) in [6.07, 6.45) is 1.66. The molecule has 0 saturated heterocycles. The second kappa shape index (κ2) is 4.50. The summed E-state index contributed by atoms with van der Waals surface area (Å²) in [6, 6.07) is -0.799. The van der Waals surface area contributed by atoms with Gasteiger partial charge >= 0.3 is 6.03 Å². The van der Waals surface area contributed by atoms with Gasteiger partial charge in [-0.3, -0.25) is 0 Å². The molecule has 3 N–H and O–H groups in total. The van der Waals surface area contributed by atoms with Crippen LogP contribution >= 0.6 is 0 Å². The number of carbonyl (C=O) groups excluding carboxylic acids is 1. The summed E-state index contributed by atoms with van der Waals surface area (Å²) in [5.74, 6) is 0.230. The van der Waals surface area contributed by atoms with Crippen LogP contribution in [-0.2, 0) is 6.54 Å². The third kappa shape index (κ3) is 1.98. The summed E-state index contributed by atoms with van der Waals surface area (Å²) < 4.78 is 1.50. The first-order valence-corrected chi connectivity index (χ1v) is 5.33. The molecule has 0 saturated carbocycles. The number of amidine groups is 1. The number of aliphatic imine (C=N–C) groups is 1. The number of aromatic nitrogens is 3. The van der Waals surface area contributed by atoms with Crippen LogP contribution in [0.2, 0.25) is 0 Å². The van der Waals surface area contributed by atoms with E-state index < -0.39 is 6.04 Å². The number of hydrogen-bond donors (Lipinski definition) is 2. The Balaban J connectivity index is 2.25. The number of aliphatic hydroxyl groups excluding tert-OH is 1. The Morgan fingerprint density at radius 1 is 1.59 bits per heavy atom. The third-order valence-corrected chi connectivity index (χ3v) is 2.57. The van der Waals surface area contributed by atoms with Gasteiger partial charge < -0.3 is 15.7 Å². The van der Waals surface area contributed by atoms with Crippen molar-refractivity contribution in [1.29, 1.82) is 0 Å². The molecule has 0 aliphatic carbocycles. The second-order valence-corrected chi connectivity index (χ2v) is 3.64. The Morgan fingerprint density at radius 3 is 3.00 bits per heavy atom. The van der Waals surface area contributed by atoms with Crippen LogP contribution in [0.4, 0.5) is 4.79 Å². The van der Waals surface area contributed by atoms with Crippen LogP contribution in [0.5, 0.6) is 0 Å². The Hall–Kier alpha value is -1.96. The molecule has 1 unspecified atom stereocenters. The van der Waals surface area contributed by atoms with Crippen molar-refractivity contribution in [2.75, 3.05) is 13.2 Å². The first kappa shape index (κ1) is 11.5. The zero-order chi connectivity index (χ0) is 12.4. The van der Waals surface area contributed by atoms with Crippen LogP contribution in [0.3, 0.4) is 0 Å². The van der Waals surface area contributed by atoms with Crippen LogP contribution in [0, 0.1) is 0 Å². The molecule has 1 aliphatic heterocycles. The first-order valence-electron chi connectivity index (χ1n) is 5.33. The molecule has 0 bridgehead atoms. The van der Waals surface area contributed by atoms with Crippen LogP contribution in [-0.4, -0.2) is 50.0 Å². The molecule has 1 atom stereocenters. The van der Waals surface area contributed by atoms with E-state index in [0.29, 0.717) is 18.8 Å². The van der Waals surface area contributed by atoms with Gasteiger partial charge in [0, 0.05) is 6.54 Å². The molecular weight excluding hydrogens is 224 g/mol. The molecule has 2 heterocycles. The highest BCUT2D eigenvalue weighted by Crippen LogP contribution is 2.24. The summed E-state index contributed by atoms with van der Waals surface area (Å²) in [5, 5.41) is 16.6. The zero-order valence-electron chi connectivity index (χ0n) is 9.44. The largest absolute Gasteiger partial charge is 0.394 e. The van der Waals surface area contributed by atoms with Crippen molar-refractivity contribution in [1.82, 2.24) is 19.9 Å². The molecule has 0 radical (unpaired) electrons. The number of amides is 2.